The number of para-hydroxylation sites is 2. The lowest BCUT2D eigenvalue weighted by Gasteiger charge is -2.31. The monoisotopic (exact) mass is 448 g/mol. The molecule has 2 aromatic rings. The lowest BCUT2D eigenvalue weighted by molar-refractivity contribution is -0.124. The highest BCUT2D eigenvalue weighted by molar-refractivity contribution is 7.89. The number of benzene rings is 2. The van der Waals surface area contributed by atoms with Gasteiger partial charge in [0, 0.05) is 19.1 Å². The first-order chi connectivity index (χ1) is 14.9. The fraction of sp³-hybridized carbons (Fsp3) is 0.409. The maximum atomic E-state index is 12.9. The molecule has 1 amide bonds. The first kappa shape index (κ1) is 22.9. The normalized spacial score (nSPS) is 15.3. The molecule has 1 fully saturated rings. The van der Waals surface area contributed by atoms with Crippen molar-refractivity contribution in [1.82, 2.24) is 9.62 Å². The molecule has 0 unspecified atom stereocenters. The smallest absolute Gasteiger partial charge is 0.258 e. The third-order valence-corrected chi connectivity index (χ3v) is 6.93. The van der Waals surface area contributed by atoms with Crippen molar-refractivity contribution in [3.05, 3.63) is 48.5 Å². The lowest BCUT2D eigenvalue weighted by Crippen LogP contribution is -2.47. The summed E-state index contributed by atoms with van der Waals surface area (Å²) in [6.45, 7) is 2.94. The molecule has 0 spiro atoms. The van der Waals surface area contributed by atoms with E-state index in [2.05, 4.69) is 5.32 Å². The first-order valence-electron chi connectivity index (χ1n) is 10.2. The number of amides is 1. The van der Waals surface area contributed by atoms with Crippen molar-refractivity contribution in [2.75, 3.05) is 33.4 Å². The minimum atomic E-state index is -3.57. The Hall–Kier alpha value is -2.78. The van der Waals surface area contributed by atoms with Crippen LogP contribution in [-0.4, -0.2) is 58.1 Å². The molecule has 0 aromatic heterocycles. The molecule has 168 valence electrons. The molecule has 1 N–H and O–H groups in total. The number of piperidine rings is 1. The van der Waals surface area contributed by atoms with Gasteiger partial charge in [0.1, 0.15) is 5.75 Å². The van der Waals surface area contributed by atoms with Crippen LogP contribution in [0.4, 0.5) is 0 Å². The van der Waals surface area contributed by atoms with Gasteiger partial charge in [0.05, 0.1) is 18.6 Å². The lowest BCUT2D eigenvalue weighted by atomic mass is 10.1. The van der Waals surface area contributed by atoms with Gasteiger partial charge in [-0.25, -0.2) is 8.42 Å². The van der Waals surface area contributed by atoms with Crippen molar-refractivity contribution >= 4 is 15.9 Å². The van der Waals surface area contributed by atoms with Crippen LogP contribution >= 0.6 is 0 Å². The molecule has 1 heterocycles. The third-order valence-electron chi connectivity index (χ3n) is 5.02. The van der Waals surface area contributed by atoms with Gasteiger partial charge < -0.3 is 19.5 Å². The van der Waals surface area contributed by atoms with Gasteiger partial charge in [-0.1, -0.05) is 12.1 Å². The maximum Gasteiger partial charge on any atom is 0.258 e. The molecule has 3 rings (SSSR count). The van der Waals surface area contributed by atoms with Gasteiger partial charge in [-0.2, -0.15) is 4.31 Å². The number of methoxy groups -OCH3 is 1. The third kappa shape index (κ3) is 5.89. The summed E-state index contributed by atoms with van der Waals surface area (Å²) in [5.74, 6) is 1.44. The molecule has 0 radical (unpaired) electrons. The summed E-state index contributed by atoms with van der Waals surface area (Å²) in [5.41, 5.74) is 0. The van der Waals surface area contributed by atoms with Crippen LogP contribution in [0.15, 0.2) is 53.4 Å². The van der Waals surface area contributed by atoms with Crippen LogP contribution in [-0.2, 0) is 14.8 Å². The zero-order valence-corrected chi connectivity index (χ0v) is 18.6. The predicted octanol–water partition coefficient (Wildman–Crippen LogP) is 2.44. The van der Waals surface area contributed by atoms with Crippen molar-refractivity contribution in [2.45, 2.75) is 30.7 Å². The van der Waals surface area contributed by atoms with Crippen molar-refractivity contribution < 1.29 is 27.4 Å². The zero-order chi connectivity index (χ0) is 22.3. The summed E-state index contributed by atoms with van der Waals surface area (Å²) in [4.78, 5) is 12.5. The van der Waals surface area contributed by atoms with Crippen molar-refractivity contribution in [3.8, 4) is 17.2 Å². The predicted molar refractivity (Wildman–Crippen MR) is 116 cm³/mol. The average Bonchev–Trinajstić information content (AvgIpc) is 2.79. The van der Waals surface area contributed by atoms with Gasteiger partial charge in [0.2, 0.25) is 10.0 Å². The molecule has 0 bridgehead atoms. The number of nitrogens with zero attached hydrogens (tertiary/aromatic N) is 1. The molecular weight excluding hydrogens is 420 g/mol. The number of rotatable bonds is 9. The Balaban J connectivity index is 1.49. The number of sulfonamides is 1. The largest absolute Gasteiger partial charge is 0.494 e. The Morgan fingerprint density at radius 1 is 1.03 bits per heavy atom. The topological polar surface area (TPSA) is 94.2 Å². The fourth-order valence-corrected chi connectivity index (χ4v) is 4.88. The molecule has 0 aliphatic carbocycles. The minimum Gasteiger partial charge on any atom is -0.494 e. The van der Waals surface area contributed by atoms with E-state index in [1.165, 1.54) is 11.4 Å². The van der Waals surface area contributed by atoms with Gasteiger partial charge in [-0.05, 0) is 56.2 Å². The highest BCUT2D eigenvalue weighted by Crippen LogP contribution is 2.26. The quantitative estimate of drug-likeness (QED) is 0.633. The standard InChI is InChI=1S/C22H28N2O6S/c1-3-29-18-8-10-19(11-9-18)31(26,27)24-14-12-17(13-15-24)23-22(25)16-30-21-7-5-4-6-20(21)28-2/h4-11,17H,3,12-16H2,1-2H3,(H,23,25). The van der Waals surface area contributed by atoms with E-state index in [1.807, 2.05) is 13.0 Å². The SMILES string of the molecule is CCOc1ccc(S(=O)(=O)N2CCC(NC(=O)COc3ccccc3OC)CC2)cc1. The zero-order valence-electron chi connectivity index (χ0n) is 17.7. The fourth-order valence-electron chi connectivity index (χ4n) is 3.41. The van der Waals surface area contributed by atoms with Crippen LogP contribution in [0.25, 0.3) is 0 Å². The van der Waals surface area contributed by atoms with Gasteiger partial charge >= 0.3 is 0 Å². The summed E-state index contributed by atoms with van der Waals surface area (Å²) in [6, 6.07) is 13.4. The number of nitrogens with one attached hydrogen (secondary N) is 1. The van der Waals surface area contributed by atoms with Gasteiger partial charge in [-0.3, -0.25) is 4.79 Å². The molecule has 8 nitrogen and oxygen atoms in total. The number of carbonyl (C=O) groups is 1. The van der Waals surface area contributed by atoms with E-state index in [9.17, 15) is 13.2 Å². The minimum absolute atomic E-state index is 0.0967. The molecule has 1 saturated heterocycles. The second-order valence-electron chi connectivity index (χ2n) is 7.09. The number of hydrogen-bond donors (Lipinski definition) is 1. The van der Waals surface area contributed by atoms with E-state index in [0.29, 0.717) is 49.8 Å². The molecular formula is C22H28N2O6S. The number of carbonyl (C=O) groups excluding carboxylic acids is 1. The highest BCUT2D eigenvalue weighted by Gasteiger charge is 2.30. The van der Waals surface area contributed by atoms with E-state index in [4.69, 9.17) is 14.2 Å². The second-order valence-corrected chi connectivity index (χ2v) is 9.03. The van der Waals surface area contributed by atoms with E-state index in [1.54, 1.807) is 42.5 Å². The molecule has 1 aliphatic rings. The van der Waals surface area contributed by atoms with Crippen molar-refractivity contribution in [3.63, 3.8) is 0 Å². The van der Waals surface area contributed by atoms with Crippen LogP contribution < -0.4 is 19.5 Å². The van der Waals surface area contributed by atoms with Crippen LogP contribution in [0.2, 0.25) is 0 Å². The van der Waals surface area contributed by atoms with Crippen LogP contribution in [0.1, 0.15) is 19.8 Å². The average molecular weight is 449 g/mol. The van der Waals surface area contributed by atoms with Crippen LogP contribution in [0, 0.1) is 0 Å². The van der Waals surface area contributed by atoms with Gasteiger partial charge in [-0.15, -0.1) is 0 Å². The first-order valence-corrected chi connectivity index (χ1v) is 11.7. The molecule has 31 heavy (non-hydrogen) atoms. The van der Waals surface area contributed by atoms with Gasteiger partial charge in [0.15, 0.2) is 18.1 Å². The maximum absolute atomic E-state index is 12.9. The Morgan fingerprint density at radius 3 is 2.29 bits per heavy atom. The van der Waals surface area contributed by atoms with E-state index in [0.717, 1.165) is 0 Å². The van der Waals surface area contributed by atoms with Crippen LogP contribution in [0.5, 0.6) is 17.2 Å². The summed E-state index contributed by atoms with van der Waals surface area (Å²) in [6.07, 6.45) is 1.08. The summed E-state index contributed by atoms with van der Waals surface area (Å²) in [5, 5.41) is 2.92. The van der Waals surface area contributed by atoms with Crippen molar-refractivity contribution in [2.24, 2.45) is 0 Å². The van der Waals surface area contributed by atoms with E-state index < -0.39 is 10.0 Å². The summed E-state index contributed by atoms with van der Waals surface area (Å²) < 4.78 is 43.3. The Labute approximate surface area is 183 Å². The molecule has 9 heteroatoms. The van der Waals surface area contributed by atoms with Crippen molar-refractivity contribution in [1.29, 1.82) is 0 Å². The molecule has 2 aromatic carbocycles. The second kappa shape index (κ2) is 10.5. The highest BCUT2D eigenvalue weighted by atomic mass is 32.2. The Morgan fingerprint density at radius 2 is 1.68 bits per heavy atom. The number of hydrogen-bond acceptors (Lipinski definition) is 6. The van der Waals surface area contributed by atoms with Gasteiger partial charge in [0.25, 0.3) is 5.91 Å². The van der Waals surface area contributed by atoms with E-state index in [-0.39, 0.29) is 23.5 Å². The molecule has 0 atom stereocenters. The Kier molecular flexibility index (Phi) is 7.75. The number of ether oxygens (including phenoxy) is 3. The van der Waals surface area contributed by atoms with E-state index >= 15 is 0 Å². The molecule has 1 aliphatic heterocycles. The van der Waals surface area contributed by atoms with Crippen LogP contribution in [0.3, 0.4) is 0 Å². The summed E-state index contributed by atoms with van der Waals surface area (Å²) >= 11 is 0. The Bertz CT molecular complexity index is 970. The summed E-state index contributed by atoms with van der Waals surface area (Å²) in [7, 11) is -2.03. The molecule has 0 saturated carbocycles.